The molecule has 1 N–H and O–H groups in total. The van der Waals surface area contributed by atoms with Gasteiger partial charge < -0.3 is 4.90 Å². The molecule has 5 nitrogen and oxygen atoms in total. The fourth-order valence-electron chi connectivity index (χ4n) is 2.53. The molecule has 1 unspecified atom stereocenters. The number of carbonyl (C=O) groups excluding carboxylic acids is 3. The van der Waals surface area contributed by atoms with Crippen molar-refractivity contribution < 1.29 is 14.4 Å². The number of nitrogens with one attached hydrogen (secondary N) is 1. The van der Waals surface area contributed by atoms with Crippen LogP contribution in [-0.2, 0) is 14.4 Å². The lowest BCUT2D eigenvalue weighted by molar-refractivity contribution is -0.142. The predicted molar refractivity (Wildman–Crippen MR) is 81.4 cm³/mol. The van der Waals surface area contributed by atoms with Gasteiger partial charge in [0.1, 0.15) is 6.04 Å². The summed E-state index contributed by atoms with van der Waals surface area (Å²) in [7, 11) is 0. The third-order valence-electron chi connectivity index (χ3n) is 3.80. The van der Waals surface area contributed by atoms with Gasteiger partial charge in [-0.05, 0) is 25.3 Å². The highest BCUT2D eigenvalue weighted by Gasteiger charge is 2.39. The molecule has 2 rings (SSSR count). The molecule has 2 aliphatic heterocycles. The minimum atomic E-state index is -0.540. The van der Waals surface area contributed by atoms with Gasteiger partial charge in [-0.25, -0.2) is 0 Å². The molecule has 2 aliphatic rings. The Labute approximate surface area is 126 Å². The molecular formula is C16H24N2O3. The predicted octanol–water partition coefficient (Wildman–Crippen LogP) is 1.94. The van der Waals surface area contributed by atoms with Gasteiger partial charge in [-0.15, -0.1) is 0 Å². The number of rotatable bonds is 3. The Morgan fingerprint density at radius 1 is 1.33 bits per heavy atom. The summed E-state index contributed by atoms with van der Waals surface area (Å²) in [6.45, 7) is 12.1. The highest BCUT2D eigenvalue weighted by Crippen LogP contribution is 2.28. The Bertz CT molecular complexity index is 506. The van der Waals surface area contributed by atoms with Gasteiger partial charge in [0.05, 0.1) is 0 Å². The minimum absolute atomic E-state index is 0.126. The van der Waals surface area contributed by atoms with Gasteiger partial charge in [0.15, 0.2) is 0 Å². The second-order valence-corrected chi connectivity index (χ2v) is 4.96. The summed E-state index contributed by atoms with van der Waals surface area (Å²) in [6, 6.07) is -0.540. The molecule has 0 saturated carbocycles. The largest absolute Gasteiger partial charge is 0.323 e. The fourth-order valence-corrected chi connectivity index (χ4v) is 2.53. The zero-order chi connectivity index (χ0) is 16.2. The van der Waals surface area contributed by atoms with Crippen LogP contribution >= 0.6 is 0 Å². The van der Waals surface area contributed by atoms with Gasteiger partial charge in [0, 0.05) is 18.5 Å². The lowest BCUT2D eigenvalue weighted by Gasteiger charge is -2.30. The summed E-state index contributed by atoms with van der Waals surface area (Å²) in [6.07, 6.45) is 1.46. The van der Waals surface area contributed by atoms with Gasteiger partial charge in [-0.1, -0.05) is 32.9 Å². The van der Waals surface area contributed by atoms with Crippen LogP contribution in [0.25, 0.3) is 0 Å². The molecule has 1 atom stereocenters. The van der Waals surface area contributed by atoms with Gasteiger partial charge in [-0.3, -0.25) is 19.7 Å². The topological polar surface area (TPSA) is 66.5 Å². The number of hydrogen-bond acceptors (Lipinski definition) is 3. The number of amides is 3. The molecule has 0 spiro atoms. The van der Waals surface area contributed by atoms with E-state index in [4.69, 9.17) is 0 Å². The van der Waals surface area contributed by atoms with Crippen LogP contribution in [0.15, 0.2) is 23.3 Å². The first kappa shape index (κ1) is 17.1. The summed E-state index contributed by atoms with van der Waals surface area (Å²) in [5.41, 5.74) is 2.52. The van der Waals surface area contributed by atoms with E-state index < -0.39 is 6.04 Å². The number of piperidine rings is 1. The van der Waals surface area contributed by atoms with Crippen molar-refractivity contribution in [3.05, 3.63) is 23.3 Å². The first-order valence-corrected chi connectivity index (χ1v) is 7.48. The highest BCUT2D eigenvalue weighted by molar-refractivity contribution is 6.05. The summed E-state index contributed by atoms with van der Waals surface area (Å²) in [5, 5.41) is 2.29. The number of hydrogen-bond donors (Lipinski definition) is 1. The lowest BCUT2D eigenvalue weighted by atomic mass is 10.0. The molecule has 0 aliphatic carbocycles. The maximum atomic E-state index is 12.2. The molecule has 1 fully saturated rings. The third-order valence-corrected chi connectivity index (χ3v) is 3.80. The molecule has 0 aromatic rings. The minimum Gasteiger partial charge on any atom is -0.323 e. The summed E-state index contributed by atoms with van der Waals surface area (Å²) in [4.78, 5) is 36.7. The van der Waals surface area contributed by atoms with Crippen LogP contribution in [0.1, 0.15) is 47.0 Å². The quantitative estimate of drug-likeness (QED) is 0.808. The normalized spacial score (nSPS) is 22.0. The Kier molecular flexibility index (Phi) is 5.88. The van der Waals surface area contributed by atoms with Crippen molar-refractivity contribution in [3.63, 3.8) is 0 Å². The van der Waals surface area contributed by atoms with Crippen molar-refractivity contribution >= 4 is 17.7 Å². The van der Waals surface area contributed by atoms with Crippen LogP contribution < -0.4 is 5.32 Å². The van der Waals surface area contributed by atoms with Crippen molar-refractivity contribution in [2.45, 2.75) is 53.0 Å². The maximum Gasteiger partial charge on any atom is 0.250 e. The first-order chi connectivity index (χ1) is 9.95. The highest BCUT2D eigenvalue weighted by atomic mass is 16.2. The van der Waals surface area contributed by atoms with Crippen molar-refractivity contribution in [3.8, 4) is 0 Å². The van der Waals surface area contributed by atoms with Gasteiger partial charge in [0.2, 0.25) is 11.8 Å². The second-order valence-electron chi connectivity index (χ2n) is 4.96. The van der Waals surface area contributed by atoms with E-state index in [-0.39, 0.29) is 24.1 Å². The van der Waals surface area contributed by atoms with Gasteiger partial charge in [0.25, 0.3) is 5.91 Å². The van der Waals surface area contributed by atoms with Gasteiger partial charge >= 0.3 is 0 Å². The van der Waals surface area contributed by atoms with Crippen LogP contribution in [0.3, 0.4) is 0 Å². The number of nitrogens with zero attached hydrogens (tertiary/aromatic N) is 1. The molecule has 3 amide bonds. The molecule has 5 heteroatoms. The molecule has 21 heavy (non-hydrogen) atoms. The van der Waals surface area contributed by atoms with E-state index in [2.05, 4.69) is 11.9 Å². The van der Waals surface area contributed by atoms with Crippen molar-refractivity contribution in [1.82, 2.24) is 10.2 Å². The average Bonchev–Trinajstić information content (AvgIpc) is 2.77. The molecule has 116 valence electrons. The van der Waals surface area contributed by atoms with Crippen LogP contribution in [0, 0.1) is 0 Å². The summed E-state index contributed by atoms with van der Waals surface area (Å²) < 4.78 is 0. The van der Waals surface area contributed by atoms with Crippen molar-refractivity contribution in [2.24, 2.45) is 0 Å². The van der Waals surface area contributed by atoms with E-state index >= 15 is 0 Å². The fraction of sp³-hybridized carbons (Fsp3) is 0.562. The average molecular weight is 292 g/mol. The van der Waals surface area contributed by atoms with E-state index in [1.165, 1.54) is 0 Å². The van der Waals surface area contributed by atoms with E-state index in [1.807, 2.05) is 20.8 Å². The molecule has 1 saturated heterocycles. The second kappa shape index (κ2) is 7.20. The third kappa shape index (κ3) is 3.40. The molecule has 0 aromatic heterocycles. The first-order valence-electron chi connectivity index (χ1n) is 7.48. The zero-order valence-corrected chi connectivity index (χ0v) is 13.3. The Morgan fingerprint density at radius 3 is 2.48 bits per heavy atom. The molecule has 0 aromatic carbocycles. The summed E-state index contributed by atoms with van der Waals surface area (Å²) in [5.74, 6) is -0.768. The Hall–Kier alpha value is -1.91. The number of carbonyl (C=O) groups is 3. The smallest absolute Gasteiger partial charge is 0.250 e. The molecule has 0 bridgehead atoms. The van der Waals surface area contributed by atoms with Crippen LogP contribution in [0.5, 0.6) is 0 Å². The van der Waals surface area contributed by atoms with E-state index in [0.717, 1.165) is 17.6 Å². The van der Waals surface area contributed by atoms with Crippen LogP contribution in [0.2, 0.25) is 0 Å². The standard InChI is InChI=1S/C14H18N2O3.C2H6/c1-4-8(2)10-7-16(14(19)9(10)3)11-5-6-12(17)15-13(11)18;1-2/h11H,2,4-7H2,1,3H3,(H,15,17,18);1-2H3. The van der Waals surface area contributed by atoms with E-state index in [0.29, 0.717) is 18.5 Å². The molecule has 0 radical (unpaired) electrons. The maximum absolute atomic E-state index is 12.2. The van der Waals surface area contributed by atoms with E-state index in [9.17, 15) is 14.4 Å². The monoisotopic (exact) mass is 292 g/mol. The zero-order valence-electron chi connectivity index (χ0n) is 13.3. The Balaban J connectivity index is 0.00000106. The van der Waals surface area contributed by atoms with Crippen LogP contribution in [-0.4, -0.2) is 35.2 Å². The number of imide groups is 1. The van der Waals surface area contributed by atoms with Crippen molar-refractivity contribution in [2.75, 3.05) is 6.54 Å². The van der Waals surface area contributed by atoms with Crippen LogP contribution in [0.4, 0.5) is 0 Å². The van der Waals surface area contributed by atoms with Crippen molar-refractivity contribution in [1.29, 1.82) is 0 Å². The van der Waals surface area contributed by atoms with E-state index in [1.54, 1.807) is 11.8 Å². The lowest BCUT2D eigenvalue weighted by Crippen LogP contribution is -2.53. The van der Waals surface area contributed by atoms with Gasteiger partial charge in [-0.2, -0.15) is 0 Å². The molecular weight excluding hydrogens is 268 g/mol. The Morgan fingerprint density at radius 2 is 1.95 bits per heavy atom. The summed E-state index contributed by atoms with van der Waals surface area (Å²) >= 11 is 0. The SMILES string of the molecule is C=C(CC)C1=C(C)C(=O)N(C2CCC(=O)NC2=O)C1.CC. The molecule has 2 heterocycles.